The summed E-state index contributed by atoms with van der Waals surface area (Å²) in [7, 11) is -1.57. The summed E-state index contributed by atoms with van der Waals surface area (Å²) in [4.78, 5) is 4.15. The van der Waals surface area contributed by atoms with Crippen molar-refractivity contribution >= 4 is 16.0 Å². The normalized spacial score (nSPS) is 17.9. The lowest BCUT2D eigenvalue weighted by Gasteiger charge is -2.26. The number of hydrogen-bond acceptors (Lipinski definition) is 4. The molecule has 8 heteroatoms. The number of ether oxygens (including phenoxy) is 1. The van der Waals surface area contributed by atoms with E-state index in [1.54, 1.807) is 7.05 Å². The molecule has 2 rings (SSSR count). The molecule has 1 aromatic carbocycles. The fourth-order valence-corrected chi connectivity index (χ4v) is 3.95. The van der Waals surface area contributed by atoms with Crippen molar-refractivity contribution in [2.24, 2.45) is 4.99 Å². The molecule has 1 unspecified atom stereocenters. The summed E-state index contributed by atoms with van der Waals surface area (Å²) in [5.41, 5.74) is 1.25. The van der Waals surface area contributed by atoms with Gasteiger partial charge in [0.2, 0.25) is 10.0 Å². The number of aliphatic imine (C=N–C) groups is 1. The van der Waals surface area contributed by atoms with Gasteiger partial charge in [-0.05, 0) is 11.5 Å². The molecule has 1 aliphatic heterocycles. The Kier molecular flexibility index (Phi) is 7.67. The number of nitrogens with zero attached hydrogens (tertiary/aromatic N) is 2. The van der Waals surface area contributed by atoms with Gasteiger partial charge in [-0.2, -0.15) is 4.31 Å². The quantitative estimate of drug-likeness (QED) is 0.544. The lowest BCUT2D eigenvalue weighted by Crippen LogP contribution is -2.45. The Morgan fingerprint density at radius 1 is 1.24 bits per heavy atom. The minimum atomic E-state index is -3.25. The molecule has 0 bridgehead atoms. The minimum absolute atomic E-state index is 0.0436. The van der Waals surface area contributed by atoms with E-state index in [1.807, 2.05) is 18.2 Å². The van der Waals surface area contributed by atoms with Crippen molar-refractivity contribution in [2.45, 2.75) is 12.8 Å². The number of nitrogens with one attached hydrogen (secondary N) is 2. The number of morpholine rings is 1. The molecule has 0 saturated carbocycles. The molecule has 1 atom stereocenters. The molecule has 2 N–H and O–H groups in total. The molecule has 1 aliphatic rings. The average molecular weight is 369 g/mol. The molecule has 0 aromatic heterocycles. The minimum Gasteiger partial charge on any atom is -0.379 e. The van der Waals surface area contributed by atoms with Crippen LogP contribution in [0.15, 0.2) is 35.3 Å². The zero-order chi connectivity index (χ0) is 18.1. The van der Waals surface area contributed by atoms with Crippen LogP contribution in [0.25, 0.3) is 0 Å². The van der Waals surface area contributed by atoms with E-state index < -0.39 is 10.0 Å². The number of rotatable bonds is 7. The second-order valence-corrected chi connectivity index (χ2v) is 8.11. The van der Waals surface area contributed by atoms with Crippen molar-refractivity contribution < 1.29 is 13.2 Å². The molecule has 1 saturated heterocycles. The maximum atomic E-state index is 12.3. The molecule has 0 spiro atoms. The second-order valence-electron chi connectivity index (χ2n) is 6.02. The van der Waals surface area contributed by atoms with Crippen LogP contribution in [0, 0.1) is 0 Å². The fraction of sp³-hybridized carbons (Fsp3) is 0.588. The summed E-state index contributed by atoms with van der Waals surface area (Å²) in [5.74, 6) is 0.985. The highest BCUT2D eigenvalue weighted by atomic mass is 32.2. The van der Waals surface area contributed by atoms with Gasteiger partial charge in [0, 0.05) is 33.2 Å². The third-order valence-electron chi connectivity index (χ3n) is 4.18. The van der Waals surface area contributed by atoms with Gasteiger partial charge in [-0.25, -0.2) is 8.42 Å². The second kappa shape index (κ2) is 9.74. The average Bonchev–Trinajstić information content (AvgIpc) is 2.65. The Labute approximate surface area is 150 Å². The number of guanidine groups is 1. The van der Waals surface area contributed by atoms with E-state index in [0.717, 1.165) is 6.54 Å². The Morgan fingerprint density at radius 3 is 2.56 bits per heavy atom. The topological polar surface area (TPSA) is 83.0 Å². The van der Waals surface area contributed by atoms with E-state index in [0.29, 0.717) is 44.7 Å². The lowest BCUT2D eigenvalue weighted by atomic mass is 10.0. The van der Waals surface area contributed by atoms with Crippen LogP contribution >= 0.6 is 0 Å². The summed E-state index contributed by atoms with van der Waals surface area (Å²) in [5, 5.41) is 6.32. The fourth-order valence-electron chi connectivity index (χ4n) is 2.62. The molecule has 0 amide bonds. The molecule has 25 heavy (non-hydrogen) atoms. The van der Waals surface area contributed by atoms with E-state index in [1.165, 1.54) is 9.87 Å². The highest BCUT2D eigenvalue weighted by molar-refractivity contribution is 7.89. The van der Waals surface area contributed by atoms with Crippen LogP contribution in [0.5, 0.6) is 0 Å². The number of hydrogen-bond donors (Lipinski definition) is 2. The summed E-state index contributed by atoms with van der Waals surface area (Å²) >= 11 is 0. The monoisotopic (exact) mass is 368 g/mol. The largest absolute Gasteiger partial charge is 0.379 e. The van der Waals surface area contributed by atoms with E-state index in [4.69, 9.17) is 4.74 Å². The van der Waals surface area contributed by atoms with Crippen molar-refractivity contribution in [3.8, 4) is 0 Å². The Bertz CT molecular complexity index is 643. The molecule has 7 nitrogen and oxygen atoms in total. The predicted octanol–water partition coefficient (Wildman–Crippen LogP) is 0.617. The summed E-state index contributed by atoms with van der Waals surface area (Å²) in [6, 6.07) is 10.2. The smallest absolute Gasteiger partial charge is 0.215 e. The van der Waals surface area contributed by atoms with E-state index in [-0.39, 0.29) is 5.75 Å². The first-order chi connectivity index (χ1) is 12.0. The third kappa shape index (κ3) is 6.30. The Balaban J connectivity index is 1.74. The standard InChI is InChI=1S/C17H28N4O3S/c1-15(16-6-4-3-5-7-16)14-20-17(18-2)19-8-13-25(22,23)21-9-11-24-12-10-21/h3-7,15H,8-14H2,1-2H3,(H2,18,19,20). The van der Waals surface area contributed by atoms with Crippen molar-refractivity contribution in [3.63, 3.8) is 0 Å². The van der Waals surface area contributed by atoms with Crippen LogP contribution in [-0.2, 0) is 14.8 Å². The van der Waals surface area contributed by atoms with E-state index in [9.17, 15) is 8.42 Å². The van der Waals surface area contributed by atoms with Gasteiger partial charge in [-0.3, -0.25) is 4.99 Å². The van der Waals surface area contributed by atoms with Gasteiger partial charge in [0.15, 0.2) is 5.96 Å². The molecular weight excluding hydrogens is 340 g/mol. The van der Waals surface area contributed by atoms with Crippen LogP contribution in [0.1, 0.15) is 18.4 Å². The zero-order valence-corrected chi connectivity index (χ0v) is 15.8. The number of benzene rings is 1. The van der Waals surface area contributed by atoms with Crippen LogP contribution in [0.2, 0.25) is 0 Å². The predicted molar refractivity (Wildman–Crippen MR) is 100 cm³/mol. The molecule has 0 aliphatic carbocycles. The lowest BCUT2D eigenvalue weighted by molar-refractivity contribution is 0.0730. The van der Waals surface area contributed by atoms with E-state index in [2.05, 4.69) is 34.7 Å². The first-order valence-corrected chi connectivity index (χ1v) is 10.2. The van der Waals surface area contributed by atoms with Gasteiger partial charge < -0.3 is 15.4 Å². The van der Waals surface area contributed by atoms with Crippen molar-refractivity contribution in [2.75, 3.05) is 52.2 Å². The summed E-state index contributed by atoms with van der Waals surface area (Å²) in [6.45, 7) is 4.98. The highest BCUT2D eigenvalue weighted by Gasteiger charge is 2.23. The molecule has 1 fully saturated rings. The first kappa shape index (κ1) is 19.7. The van der Waals surface area contributed by atoms with Gasteiger partial charge in [-0.15, -0.1) is 0 Å². The number of sulfonamides is 1. The van der Waals surface area contributed by atoms with Crippen molar-refractivity contribution in [1.29, 1.82) is 0 Å². The van der Waals surface area contributed by atoms with Crippen LogP contribution in [0.3, 0.4) is 0 Å². The molecule has 0 radical (unpaired) electrons. The maximum Gasteiger partial charge on any atom is 0.215 e. The van der Waals surface area contributed by atoms with E-state index >= 15 is 0 Å². The van der Waals surface area contributed by atoms with Gasteiger partial charge in [0.05, 0.1) is 19.0 Å². The van der Waals surface area contributed by atoms with Gasteiger partial charge in [0.1, 0.15) is 0 Å². The maximum absolute atomic E-state index is 12.3. The van der Waals surface area contributed by atoms with Gasteiger partial charge in [-0.1, -0.05) is 37.3 Å². The van der Waals surface area contributed by atoms with Crippen LogP contribution in [0.4, 0.5) is 0 Å². The third-order valence-corrected chi connectivity index (χ3v) is 6.06. The zero-order valence-electron chi connectivity index (χ0n) is 14.9. The van der Waals surface area contributed by atoms with Crippen LogP contribution < -0.4 is 10.6 Å². The first-order valence-electron chi connectivity index (χ1n) is 8.58. The molecule has 140 valence electrons. The van der Waals surface area contributed by atoms with Crippen molar-refractivity contribution in [1.82, 2.24) is 14.9 Å². The molecular formula is C17H28N4O3S. The molecule has 1 aromatic rings. The van der Waals surface area contributed by atoms with Crippen LogP contribution in [-0.4, -0.2) is 70.9 Å². The summed E-state index contributed by atoms with van der Waals surface area (Å²) in [6.07, 6.45) is 0. The van der Waals surface area contributed by atoms with Gasteiger partial charge >= 0.3 is 0 Å². The SMILES string of the molecule is CN=C(NCCS(=O)(=O)N1CCOCC1)NCC(C)c1ccccc1. The van der Waals surface area contributed by atoms with Crippen molar-refractivity contribution in [3.05, 3.63) is 35.9 Å². The molecule has 1 heterocycles. The summed E-state index contributed by atoms with van der Waals surface area (Å²) < 4.78 is 31.2. The van der Waals surface area contributed by atoms with Gasteiger partial charge in [0.25, 0.3) is 0 Å². The Morgan fingerprint density at radius 2 is 1.92 bits per heavy atom. The Hall–Kier alpha value is -1.64. The highest BCUT2D eigenvalue weighted by Crippen LogP contribution is 2.12.